The van der Waals surface area contributed by atoms with Gasteiger partial charge in [0.05, 0.1) is 13.2 Å². The number of epoxide rings is 1. The third kappa shape index (κ3) is 7.73. The van der Waals surface area contributed by atoms with Crippen molar-refractivity contribution in [1.29, 1.82) is 0 Å². The second kappa shape index (κ2) is 7.03. The molecule has 1 unspecified atom stereocenters. The Balaban J connectivity index is 1.68. The van der Waals surface area contributed by atoms with Crippen molar-refractivity contribution in [2.75, 3.05) is 19.8 Å². The fraction of sp³-hybridized carbons (Fsp3) is 1.00. The van der Waals surface area contributed by atoms with E-state index in [9.17, 15) is 0 Å². The molecule has 1 rings (SSSR count). The summed E-state index contributed by atoms with van der Waals surface area (Å²) in [5, 5.41) is -0.646. The normalized spacial score (nSPS) is 21.9. The van der Waals surface area contributed by atoms with Gasteiger partial charge >= 0.3 is 0 Å². The Morgan fingerprint density at radius 2 is 2.31 bits per heavy atom. The van der Waals surface area contributed by atoms with E-state index in [-0.39, 0.29) is 0 Å². The molecule has 0 aromatic rings. The van der Waals surface area contributed by atoms with Gasteiger partial charge in [0.1, 0.15) is 6.10 Å². The number of hydrogen-bond acceptors (Lipinski definition) is 3. The van der Waals surface area contributed by atoms with Crippen molar-refractivity contribution in [3.05, 3.63) is 0 Å². The van der Waals surface area contributed by atoms with Crippen molar-refractivity contribution in [2.45, 2.75) is 23.6 Å². The van der Waals surface area contributed by atoms with Gasteiger partial charge in [0, 0.05) is 6.61 Å². The van der Waals surface area contributed by atoms with Crippen molar-refractivity contribution in [3.63, 3.8) is 0 Å². The minimum Gasteiger partial charge on any atom is -0.397 e. The molecule has 0 aliphatic carbocycles. The number of rotatable bonds is 8. The third-order valence-corrected chi connectivity index (χ3v) is 3.67. The van der Waals surface area contributed by atoms with Crippen LogP contribution in [0.5, 0.6) is 0 Å². The van der Waals surface area contributed by atoms with Crippen LogP contribution in [-0.2, 0) is 13.9 Å². The topological polar surface area (TPSA) is 31.0 Å². The number of ether oxygens (including phenoxy) is 2. The molecule has 1 aliphatic heterocycles. The second-order valence-electron chi connectivity index (χ2n) is 2.87. The van der Waals surface area contributed by atoms with Crippen molar-refractivity contribution in [2.24, 2.45) is 0 Å². The molecule has 1 fully saturated rings. The van der Waals surface area contributed by atoms with Gasteiger partial charge in [-0.15, -0.1) is 0 Å². The molecule has 3 nitrogen and oxygen atoms in total. The highest BCUT2D eigenvalue weighted by Gasteiger charge is 2.21. The first-order valence-corrected chi connectivity index (χ1v) is 6.83. The largest absolute Gasteiger partial charge is 0.397 e. The van der Waals surface area contributed by atoms with E-state index < -0.39 is 14.8 Å². The lowest BCUT2D eigenvalue weighted by molar-refractivity contribution is 0.116. The Morgan fingerprint density at radius 3 is 2.92 bits per heavy atom. The molecule has 78 valence electrons. The summed E-state index contributed by atoms with van der Waals surface area (Å²) in [5.41, 5.74) is 0. The smallest absolute Gasteiger partial charge is 0.197 e. The first-order chi connectivity index (χ1) is 6.29. The molecule has 0 saturated carbocycles. The minimum absolute atomic E-state index is 0.364. The van der Waals surface area contributed by atoms with Crippen LogP contribution < -0.4 is 0 Å². The van der Waals surface area contributed by atoms with Crippen LogP contribution in [0.2, 0.25) is 6.04 Å². The first-order valence-electron chi connectivity index (χ1n) is 4.38. The standard InChI is InChI=1S/C7H14Cl2O3Si/c8-7(9)12-13-3-1-2-10-4-6-5-11-6/h6-7H,1-5,13H2. The summed E-state index contributed by atoms with van der Waals surface area (Å²) in [4.78, 5) is 0. The summed E-state index contributed by atoms with van der Waals surface area (Å²) in [7, 11) is -0.543. The number of halogens is 2. The molecule has 1 heterocycles. The van der Waals surface area contributed by atoms with Gasteiger partial charge in [-0.25, -0.2) is 0 Å². The summed E-state index contributed by atoms with van der Waals surface area (Å²) >= 11 is 10.8. The Morgan fingerprint density at radius 1 is 1.54 bits per heavy atom. The average molecular weight is 245 g/mol. The summed E-state index contributed by atoms with van der Waals surface area (Å²) in [6.45, 7) is 2.37. The zero-order chi connectivity index (χ0) is 9.52. The Labute approximate surface area is 90.6 Å². The van der Waals surface area contributed by atoms with Crippen LogP contribution in [0.3, 0.4) is 0 Å². The Bertz CT molecular complexity index is 127. The van der Waals surface area contributed by atoms with E-state index in [1.165, 1.54) is 0 Å². The molecule has 1 aliphatic rings. The quantitative estimate of drug-likeness (QED) is 0.277. The molecule has 0 aromatic heterocycles. The zero-order valence-electron chi connectivity index (χ0n) is 7.38. The van der Waals surface area contributed by atoms with Crippen molar-refractivity contribution in [3.8, 4) is 0 Å². The molecule has 0 radical (unpaired) electrons. The van der Waals surface area contributed by atoms with E-state index in [0.717, 1.165) is 32.3 Å². The van der Waals surface area contributed by atoms with E-state index >= 15 is 0 Å². The Kier molecular flexibility index (Phi) is 6.36. The molecular weight excluding hydrogens is 231 g/mol. The van der Waals surface area contributed by atoms with Crippen LogP contribution >= 0.6 is 23.2 Å². The van der Waals surface area contributed by atoms with E-state index in [0.29, 0.717) is 6.10 Å². The SMILES string of the molecule is ClC(Cl)O[SiH2]CCCOCC1CO1. The van der Waals surface area contributed by atoms with E-state index in [1.54, 1.807) is 0 Å². The summed E-state index contributed by atoms with van der Waals surface area (Å²) < 4.78 is 15.4. The predicted octanol–water partition coefficient (Wildman–Crippen LogP) is 1.07. The van der Waals surface area contributed by atoms with Gasteiger partial charge in [-0.1, -0.05) is 23.2 Å². The molecule has 6 heteroatoms. The number of hydrogen-bond donors (Lipinski definition) is 0. The third-order valence-electron chi connectivity index (χ3n) is 1.63. The molecule has 0 aromatic carbocycles. The summed E-state index contributed by atoms with van der Waals surface area (Å²) in [6.07, 6.45) is 1.39. The van der Waals surface area contributed by atoms with Crippen LogP contribution in [0.4, 0.5) is 0 Å². The van der Waals surface area contributed by atoms with Crippen LogP contribution in [0.15, 0.2) is 0 Å². The van der Waals surface area contributed by atoms with Crippen LogP contribution in [-0.4, -0.2) is 40.7 Å². The lowest BCUT2D eigenvalue weighted by Gasteiger charge is -2.03. The molecule has 13 heavy (non-hydrogen) atoms. The summed E-state index contributed by atoms with van der Waals surface area (Å²) in [6, 6.07) is 1.06. The van der Waals surface area contributed by atoms with Crippen molar-refractivity contribution < 1.29 is 13.9 Å². The van der Waals surface area contributed by atoms with E-state index in [2.05, 4.69) is 0 Å². The lowest BCUT2D eigenvalue weighted by atomic mass is 10.5. The first kappa shape index (κ1) is 11.7. The zero-order valence-corrected chi connectivity index (χ0v) is 10.3. The molecule has 1 atom stereocenters. The highest BCUT2D eigenvalue weighted by atomic mass is 35.5. The highest BCUT2D eigenvalue weighted by Crippen LogP contribution is 2.09. The molecule has 0 amide bonds. The second-order valence-corrected chi connectivity index (χ2v) is 5.33. The van der Waals surface area contributed by atoms with Gasteiger partial charge in [-0.2, -0.15) is 0 Å². The lowest BCUT2D eigenvalue weighted by Crippen LogP contribution is -2.06. The number of alkyl halides is 2. The van der Waals surface area contributed by atoms with E-state index in [1.807, 2.05) is 0 Å². The monoisotopic (exact) mass is 244 g/mol. The molecule has 0 N–H and O–H groups in total. The van der Waals surface area contributed by atoms with Gasteiger partial charge < -0.3 is 13.9 Å². The molecular formula is C7H14Cl2O3Si. The minimum atomic E-state index is -0.646. The van der Waals surface area contributed by atoms with Crippen LogP contribution in [0.25, 0.3) is 0 Å². The molecule has 0 spiro atoms. The molecule has 1 saturated heterocycles. The average Bonchev–Trinajstić information content (AvgIpc) is 2.86. The van der Waals surface area contributed by atoms with Gasteiger partial charge in [-0.05, 0) is 12.5 Å². The highest BCUT2D eigenvalue weighted by molar-refractivity contribution is 6.45. The Hall–Kier alpha value is 0.677. The van der Waals surface area contributed by atoms with Crippen LogP contribution in [0.1, 0.15) is 6.42 Å². The molecule has 0 bridgehead atoms. The maximum atomic E-state index is 5.40. The van der Waals surface area contributed by atoms with Crippen molar-refractivity contribution >= 4 is 33.0 Å². The van der Waals surface area contributed by atoms with Crippen LogP contribution in [0, 0.1) is 0 Å². The fourth-order valence-electron chi connectivity index (χ4n) is 0.858. The maximum Gasteiger partial charge on any atom is 0.197 e. The fourth-order valence-corrected chi connectivity index (χ4v) is 2.15. The van der Waals surface area contributed by atoms with Gasteiger partial charge in [0.25, 0.3) is 0 Å². The van der Waals surface area contributed by atoms with Crippen molar-refractivity contribution in [1.82, 2.24) is 0 Å². The predicted molar refractivity (Wildman–Crippen MR) is 55.1 cm³/mol. The van der Waals surface area contributed by atoms with E-state index in [4.69, 9.17) is 37.1 Å². The van der Waals surface area contributed by atoms with Gasteiger partial charge in [-0.3, -0.25) is 0 Å². The van der Waals surface area contributed by atoms with Gasteiger partial charge in [0.15, 0.2) is 14.8 Å². The van der Waals surface area contributed by atoms with Gasteiger partial charge in [0.2, 0.25) is 0 Å². The maximum absolute atomic E-state index is 5.40. The summed E-state index contributed by atoms with van der Waals surface area (Å²) in [5.74, 6) is 0.